The van der Waals surface area contributed by atoms with Gasteiger partial charge in [0.2, 0.25) is 5.91 Å². The lowest BCUT2D eigenvalue weighted by Gasteiger charge is -2.14. The number of amides is 1. The normalized spacial score (nSPS) is 15.1. The number of anilines is 1. The lowest BCUT2D eigenvalue weighted by atomic mass is 10.1. The van der Waals surface area contributed by atoms with Gasteiger partial charge in [0.1, 0.15) is 5.82 Å². The molecule has 0 spiro atoms. The SMILES string of the molecule is O=C1CCCN1c1ccc(-c2ccccc2)cn1. The van der Waals surface area contributed by atoms with Crippen LogP contribution in [-0.4, -0.2) is 17.4 Å². The van der Waals surface area contributed by atoms with Gasteiger partial charge in [-0.3, -0.25) is 9.69 Å². The molecule has 3 rings (SSSR count). The smallest absolute Gasteiger partial charge is 0.228 e. The fraction of sp³-hybridized carbons (Fsp3) is 0.200. The average Bonchev–Trinajstić information content (AvgIpc) is 2.86. The molecule has 0 radical (unpaired) electrons. The Morgan fingerprint density at radius 3 is 2.44 bits per heavy atom. The van der Waals surface area contributed by atoms with Crippen LogP contribution in [0.5, 0.6) is 0 Å². The van der Waals surface area contributed by atoms with E-state index in [1.165, 1.54) is 0 Å². The Labute approximate surface area is 106 Å². The molecule has 1 fully saturated rings. The Morgan fingerprint density at radius 1 is 1.00 bits per heavy atom. The first-order valence-corrected chi connectivity index (χ1v) is 6.16. The number of aromatic nitrogens is 1. The van der Waals surface area contributed by atoms with Gasteiger partial charge < -0.3 is 0 Å². The first-order chi connectivity index (χ1) is 8.84. The lowest BCUT2D eigenvalue weighted by molar-refractivity contribution is -0.117. The largest absolute Gasteiger partial charge is 0.297 e. The van der Waals surface area contributed by atoms with E-state index in [4.69, 9.17) is 0 Å². The monoisotopic (exact) mass is 238 g/mol. The van der Waals surface area contributed by atoms with Gasteiger partial charge in [-0.1, -0.05) is 30.3 Å². The fourth-order valence-electron chi connectivity index (χ4n) is 2.24. The van der Waals surface area contributed by atoms with Gasteiger partial charge in [0.15, 0.2) is 0 Å². The summed E-state index contributed by atoms with van der Waals surface area (Å²) in [5, 5.41) is 0. The summed E-state index contributed by atoms with van der Waals surface area (Å²) >= 11 is 0. The maximum absolute atomic E-state index is 11.6. The molecule has 0 atom stereocenters. The summed E-state index contributed by atoms with van der Waals surface area (Å²) < 4.78 is 0. The molecular formula is C15H14N2O. The van der Waals surface area contributed by atoms with Crippen molar-refractivity contribution in [3.8, 4) is 11.1 Å². The number of pyridine rings is 1. The van der Waals surface area contributed by atoms with Gasteiger partial charge in [-0.15, -0.1) is 0 Å². The summed E-state index contributed by atoms with van der Waals surface area (Å²) in [4.78, 5) is 17.8. The molecule has 0 N–H and O–H groups in total. The summed E-state index contributed by atoms with van der Waals surface area (Å²) in [6, 6.07) is 14.1. The Morgan fingerprint density at radius 2 is 1.83 bits per heavy atom. The minimum atomic E-state index is 0.176. The molecular weight excluding hydrogens is 224 g/mol. The van der Waals surface area contributed by atoms with Gasteiger partial charge in [0.25, 0.3) is 0 Å². The number of nitrogens with zero attached hydrogens (tertiary/aromatic N) is 2. The van der Waals surface area contributed by atoms with Crippen molar-refractivity contribution in [2.24, 2.45) is 0 Å². The molecule has 1 aromatic heterocycles. The topological polar surface area (TPSA) is 33.2 Å². The third-order valence-corrected chi connectivity index (χ3v) is 3.20. The second kappa shape index (κ2) is 4.61. The molecule has 18 heavy (non-hydrogen) atoms. The van der Waals surface area contributed by atoms with E-state index >= 15 is 0 Å². The number of carbonyl (C=O) groups is 1. The summed E-state index contributed by atoms with van der Waals surface area (Å²) in [5.74, 6) is 0.937. The predicted molar refractivity (Wildman–Crippen MR) is 71.3 cm³/mol. The molecule has 0 aliphatic carbocycles. The Kier molecular flexibility index (Phi) is 2.81. The van der Waals surface area contributed by atoms with Crippen molar-refractivity contribution >= 4 is 11.7 Å². The molecule has 0 bridgehead atoms. The van der Waals surface area contributed by atoms with Crippen molar-refractivity contribution in [2.75, 3.05) is 11.4 Å². The minimum Gasteiger partial charge on any atom is -0.297 e. The molecule has 3 nitrogen and oxygen atoms in total. The maximum Gasteiger partial charge on any atom is 0.228 e. The molecule has 1 aliphatic heterocycles. The molecule has 0 saturated carbocycles. The van der Waals surface area contributed by atoms with Gasteiger partial charge in [0.05, 0.1) is 0 Å². The highest BCUT2D eigenvalue weighted by Gasteiger charge is 2.22. The van der Waals surface area contributed by atoms with Crippen LogP contribution >= 0.6 is 0 Å². The molecule has 90 valence electrons. The van der Waals surface area contributed by atoms with Crippen LogP contribution in [-0.2, 0) is 4.79 Å². The van der Waals surface area contributed by atoms with Crippen molar-refractivity contribution in [2.45, 2.75) is 12.8 Å². The van der Waals surface area contributed by atoms with Crippen LogP contribution in [0.15, 0.2) is 48.7 Å². The Hall–Kier alpha value is -2.16. The number of hydrogen-bond donors (Lipinski definition) is 0. The van der Waals surface area contributed by atoms with E-state index in [2.05, 4.69) is 17.1 Å². The lowest BCUT2D eigenvalue weighted by Crippen LogP contribution is -2.24. The van der Waals surface area contributed by atoms with Crippen molar-refractivity contribution in [3.63, 3.8) is 0 Å². The van der Waals surface area contributed by atoms with E-state index in [9.17, 15) is 4.79 Å². The average molecular weight is 238 g/mol. The highest BCUT2D eigenvalue weighted by molar-refractivity contribution is 5.94. The van der Waals surface area contributed by atoms with Crippen molar-refractivity contribution < 1.29 is 4.79 Å². The number of benzene rings is 1. The zero-order chi connectivity index (χ0) is 12.4. The molecule has 0 unspecified atom stereocenters. The summed E-state index contributed by atoms with van der Waals surface area (Å²) in [6.45, 7) is 0.788. The third kappa shape index (κ3) is 1.99. The molecule has 1 saturated heterocycles. The highest BCUT2D eigenvalue weighted by atomic mass is 16.2. The standard InChI is InChI=1S/C15H14N2O/c18-15-7-4-10-17(15)14-9-8-13(11-16-14)12-5-2-1-3-6-12/h1-3,5-6,8-9,11H,4,7,10H2. The van der Waals surface area contributed by atoms with Crippen LogP contribution in [0, 0.1) is 0 Å². The number of rotatable bonds is 2. The molecule has 2 aromatic rings. The second-order valence-corrected chi connectivity index (χ2v) is 4.42. The highest BCUT2D eigenvalue weighted by Crippen LogP contribution is 2.23. The number of carbonyl (C=O) groups excluding carboxylic acids is 1. The molecule has 2 heterocycles. The Bertz CT molecular complexity index is 548. The van der Waals surface area contributed by atoms with Crippen LogP contribution < -0.4 is 4.90 Å². The Balaban J connectivity index is 1.87. The van der Waals surface area contributed by atoms with Gasteiger partial charge >= 0.3 is 0 Å². The molecule has 3 heteroatoms. The van der Waals surface area contributed by atoms with Crippen molar-refractivity contribution in [1.29, 1.82) is 0 Å². The quantitative estimate of drug-likeness (QED) is 0.806. The fourth-order valence-corrected chi connectivity index (χ4v) is 2.24. The van der Waals surface area contributed by atoms with E-state index in [0.29, 0.717) is 6.42 Å². The van der Waals surface area contributed by atoms with Gasteiger partial charge in [0, 0.05) is 24.7 Å². The van der Waals surface area contributed by atoms with E-state index in [0.717, 1.165) is 29.9 Å². The van der Waals surface area contributed by atoms with E-state index in [-0.39, 0.29) is 5.91 Å². The molecule has 1 aromatic carbocycles. The molecule has 1 amide bonds. The first-order valence-electron chi connectivity index (χ1n) is 6.16. The van der Waals surface area contributed by atoms with Crippen LogP contribution in [0.4, 0.5) is 5.82 Å². The van der Waals surface area contributed by atoms with Crippen LogP contribution in [0.3, 0.4) is 0 Å². The van der Waals surface area contributed by atoms with Crippen LogP contribution in [0.2, 0.25) is 0 Å². The summed E-state index contributed by atoms with van der Waals surface area (Å²) in [6.07, 6.45) is 3.40. The van der Waals surface area contributed by atoms with Gasteiger partial charge in [-0.05, 0) is 24.1 Å². The zero-order valence-electron chi connectivity index (χ0n) is 10.0. The van der Waals surface area contributed by atoms with E-state index < -0.39 is 0 Å². The van der Waals surface area contributed by atoms with E-state index in [1.54, 1.807) is 4.90 Å². The van der Waals surface area contributed by atoms with Crippen molar-refractivity contribution in [3.05, 3.63) is 48.7 Å². The van der Waals surface area contributed by atoms with Crippen molar-refractivity contribution in [1.82, 2.24) is 4.98 Å². The first kappa shape index (κ1) is 11.0. The van der Waals surface area contributed by atoms with Crippen LogP contribution in [0.1, 0.15) is 12.8 Å². The molecule has 1 aliphatic rings. The second-order valence-electron chi connectivity index (χ2n) is 4.42. The van der Waals surface area contributed by atoms with Crippen LogP contribution in [0.25, 0.3) is 11.1 Å². The van der Waals surface area contributed by atoms with Gasteiger partial charge in [-0.25, -0.2) is 4.98 Å². The zero-order valence-corrected chi connectivity index (χ0v) is 10.0. The minimum absolute atomic E-state index is 0.176. The third-order valence-electron chi connectivity index (χ3n) is 3.20. The summed E-state index contributed by atoms with van der Waals surface area (Å²) in [5.41, 5.74) is 2.22. The predicted octanol–water partition coefficient (Wildman–Crippen LogP) is 2.88. The maximum atomic E-state index is 11.6. The number of hydrogen-bond acceptors (Lipinski definition) is 2. The van der Waals surface area contributed by atoms with Gasteiger partial charge in [-0.2, -0.15) is 0 Å². The summed E-state index contributed by atoms with van der Waals surface area (Å²) in [7, 11) is 0. The van der Waals surface area contributed by atoms with E-state index in [1.807, 2.05) is 36.5 Å².